The van der Waals surface area contributed by atoms with Crippen LogP contribution >= 0.6 is 15.9 Å². The molecule has 0 bridgehead atoms. The zero-order valence-corrected chi connectivity index (χ0v) is 20.2. The number of aromatic nitrogens is 4. The lowest BCUT2D eigenvalue weighted by molar-refractivity contribution is -0.166. The first-order valence-electron chi connectivity index (χ1n) is 11.1. The highest BCUT2D eigenvalue weighted by atomic mass is 79.9. The van der Waals surface area contributed by atoms with Crippen LogP contribution in [0.5, 0.6) is 0 Å². The molecule has 1 saturated carbocycles. The number of carbonyl (C=O) groups is 1. The summed E-state index contributed by atoms with van der Waals surface area (Å²) in [5.74, 6) is -0.396. The highest BCUT2D eigenvalue weighted by Gasteiger charge is 2.43. The number of hydrogen-bond donors (Lipinski definition) is 2. The van der Waals surface area contributed by atoms with Crippen LogP contribution in [0.3, 0.4) is 0 Å². The summed E-state index contributed by atoms with van der Waals surface area (Å²) in [4.78, 5) is 21.3. The molecule has 4 aromatic rings. The number of pyridine rings is 1. The van der Waals surface area contributed by atoms with Crippen molar-refractivity contribution in [2.75, 3.05) is 12.8 Å². The Bertz CT molecular complexity index is 1350. The van der Waals surface area contributed by atoms with Gasteiger partial charge in [0, 0.05) is 35.9 Å². The molecule has 1 aromatic carbocycles. The van der Waals surface area contributed by atoms with E-state index in [2.05, 4.69) is 26.0 Å². The first-order chi connectivity index (χ1) is 16.4. The number of methoxy groups -OCH3 is 1. The Morgan fingerprint density at radius 3 is 2.50 bits per heavy atom. The molecule has 3 heterocycles. The van der Waals surface area contributed by atoms with E-state index >= 15 is 0 Å². The van der Waals surface area contributed by atoms with Gasteiger partial charge in [0.15, 0.2) is 11.2 Å². The van der Waals surface area contributed by atoms with E-state index in [1.165, 1.54) is 7.11 Å². The third-order valence-corrected chi connectivity index (χ3v) is 7.57. The van der Waals surface area contributed by atoms with Gasteiger partial charge in [0.1, 0.15) is 5.82 Å². The zero-order valence-electron chi connectivity index (χ0n) is 18.6. The minimum absolute atomic E-state index is 0.0608. The minimum Gasteiger partial charge on any atom is -0.479 e. The second kappa shape index (κ2) is 8.81. The molecule has 0 saturated heterocycles. The molecule has 0 radical (unpaired) electrons. The Morgan fingerprint density at radius 1 is 1.15 bits per heavy atom. The summed E-state index contributed by atoms with van der Waals surface area (Å²) in [5.41, 5.74) is 10.4. The van der Waals surface area contributed by atoms with Gasteiger partial charge >= 0.3 is 5.97 Å². The number of nitrogen functional groups attached to an aromatic ring is 1. The lowest BCUT2D eigenvalue weighted by Gasteiger charge is -2.35. The number of ether oxygens (including phenoxy) is 1. The van der Waals surface area contributed by atoms with Gasteiger partial charge in [-0.25, -0.2) is 9.78 Å². The van der Waals surface area contributed by atoms with Crippen molar-refractivity contribution in [2.24, 2.45) is 0 Å². The van der Waals surface area contributed by atoms with Crippen molar-refractivity contribution >= 4 is 33.4 Å². The molecule has 0 spiro atoms. The van der Waals surface area contributed by atoms with E-state index in [0.717, 1.165) is 28.1 Å². The molecule has 1 fully saturated rings. The van der Waals surface area contributed by atoms with Gasteiger partial charge in [0.2, 0.25) is 0 Å². The molecular weight excluding hydrogens is 498 g/mol. The van der Waals surface area contributed by atoms with Crippen molar-refractivity contribution < 1.29 is 14.6 Å². The summed E-state index contributed by atoms with van der Waals surface area (Å²) < 4.78 is 7.69. The average Bonchev–Trinajstić information content (AvgIpc) is 3.31. The van der Waals surface area contributed by atoms with E-state index in [4.69, 9.17) is 15.5 Å². The van der Waals surface area contributed by atoms with Crippen molar-refractivity contribution in [1.82, 2.24) is 19.6 Å². The van der Waals surface area contributed by atoms with Gasteiger partial charge in [-0.2, -0.15) is 9.61 Å². The van der Waals surface area contributed by atoms with Gasteiger partial charge in [-0.3, -0.25) is 4.98 Å². The number of fused-ring (bicyclic) bond motifs is 1. The number of carboxylic acid groups (broad SMARTS) is 1. The number of anilines is 1. The van der Waals surface area contributed by atoms with E-state index < -0.39 is 11.6 Å². The van der Waals surface area contributed by atoms with E-state index in [1.54, 1.807) is 10.7 Å². The molecule has 8 nitrogen and oxygen atoms in total. The van der Waals surface area contributed by atoms with E-state index in [1.807, 2.05) is 48.7 Å². The minimum atomic E-state index is -1.13. The third-order valence-electron chi connectivity index (χ3n) is 6.75. The molecule has 34 heavy (non-hydrogen) atoms. The Hall–Kier alpha value is -3.30. The molecule has 174 valence electrons. The SMILES string of the molecule is CO[C@]1(C(=O)O)CC[C@@H](c2nc3c(-c4ccc(-c5ccccc5)nc4)cnn3c(N)c2Br)CC1. The molecule has 9 heteroatoms. The Morgan fingerprint density at radius 2 is 1.88 bits per heavy atom. The standard InChI is InChI=1S/C25H24BrN5O3/c1-34-25(24(32)33)11-9-16(10-12-25)21-20(26)22(27)31-23(30-21)18(14-29-31)17-7-8-19(28-13-17)15-5-3-2-4-6-15/h2-8,13-14,16H,9-12,27H2,1H3,(H,32,33)/t16-,25-. The molecule has 1 aliphatic rings. The van der Waals surface area contributed by atoms with Gasteiger partial charge in [0.05, 0.1) is 22.1 Å². The van der Waals surface area contributed by atoms with Gasteiger partial charge in [-0.05, 0) is 47.7 Å². The molecule has 5 rings (SSSR count). The lowest BCUT2D eigenvalue weighted by Crippen LogP contribution is -2.43. The molecule has 3 N–H and O–H groups in total. The van der Waals surface area contributed by atoms with Crippen LogP contribution in [0.25, 0.3) is 28.0 Å². The summed E-state index contributed by atoms with van der Waals surface area (Å²) in [7, 11) is 1.46. The largest absolute Gasteiger partial charge is 0.479 e. The van der Waals surface area contributed by atoms with Crippen LogP contribution in [0.4, 0.5) is 5.82 Å². The van der Waals surface area contributed by atoms with Gasteiger partial charge in [-0.15, -0.1) is 0 Å². The number of aliphatic carboxylic acids is 1. The maximum absolute atomic E-state index is 11.7. The average molecular weight is 522 g/mol. The normalized spacial score (nSPS) is 20.5. The first kappa shape index (κ1) is 22.5. The summed E-state index contributed by atoms with van der Waals surface area (Å²) in [6.45, 7) is 0. The van der Waals surface area contributed by atoms with Crippen molar-refractivity contribution in [3.63, 3.8) is 0 Å². The van der Waals surface area contributed by atoms with Crippen LogP contribution in [0.1, 0.15) is 37.3 Å². The van der Waals surface area contributed by atoms with Crippen LogP contribution in [0, 0.1) is 0 Å². The highest BCUT2D eigenvalue weighted by molar-refractivity contribution is 9.10. The van der Waals surface area contributed by atoms with Gasteiger partial charge in [0.25, 0.3) is 0 Å². The molecular formula is C25H24BrN5O3. The first-order valence-corrected chi connectivity index (χ1v) is 11.9. The van der Waals surface area contributed by atoms with Crippen molar-refractivity contribution in [3.8, 4) is 22.4 Å². The predicted molar refractivity (Wildman–Crippen MR) is 132 cm³/mol. The van der Waals surface area contributed by atoms with E-state index in [0.29, 0.717) is 41.6 Å². The molecule has 1 aliphatic carbocycles. The Kier molecular flexibility index (Phi) is 5.83. The molecule has 0 aliphatic heterocycles. The van der Waals surface area contributed by atoms with E-state index in [-0.39, 0.29) is 5.92 Å². The molecule has 0 atom stereocenters. The van der Waals surface area contributed by atoms with Crippen LogP contribution < -0.4 is 5.73 Å². The van der Waals surface area contributed by atoms with Gasteiger partial charge < -0.3 is 15.6 Å². The summed E-state index contributed by atoms with van der Waals surface area (Å²) in [6, 6.07) is 14.0. The van der Waals surface area contributed by atoms with Crippen LogP contribution in [-0.2, 0) is 9.53 Å². The monoisotopic (exact) mass is 521 g/mol. The maximum atomic E-state index is 11.7. The smallest absolute Gasteiger partial charge is 0.335 e. The fraction of sp³-hybridized carbons (Fsp3) is 0.280. The zero-order chi connectivity index (χ0) is 23.9. The topological polar surface area (TPSA) is 116 Å². The van der Waals surface area contributed by atoms with Crippen molar-refractivity contribution in [3.05, 3.63) is 65.0 Å². The predicted octanol–water partition coefficient (Wildman–Crippen LogP) is 4.93. The number of carboxylic acids is 1. The number of rotatable bonds is 5. The number of halogens is 1. The summed E-state index contributed by atoms with van der Waals surface area (Å²) in [5, 5.41) is 14.1. The molecule has 3 aromatic heterocycles. The Labute approximate surface area is 204 Å². The lowest BCUT2D eigenvalue weighted by atomic mass is 9.77. The fourth-order valence-electron chi connectivity index (χ4n) is 4.68. The van der Waals surface area contributed by atoms with Crippen molar-refractivity contribution in [2.45, 2.75) is 37.2 Å². The number of hydrogen-bond acceptors (Lipinski definition) is 6. The maximum Gasteiger partial charge on any atom is 0.335 e. The van der Waals surface area contributed by atoms with Crippen LogP contribution in [0.2, 0.25) is 0 Å². The number of nitrogens with two attached hydrogens (primary N) is 1. The second-order valence-corrected chi connectivity index (χ2v) is 9.36. The quantitative estimate of drug-likeness (QED) is 0.382. The number of nitrogens with zero attached hydrogens (tertiary/aromatic N) is 4. The van der Waals surface area contributed by atoms with Crippen LogP contribution in [-0.4, -0.2) is 43.4 Å². The third kappa shape index (κ3) is 3.74. The summed E-state index contributed by atoms with van der Waals surface area (Å²) >= 11 is 3.60. The van der Waals surface area contributed by atoms with Gasteiger partial charge in [-0.1, -0.05) is 36.4 Å². The van der Waals surface area contributed by atoms with E-state index in [9.17, 15) is 9.90 Å². The Balaban J connectivity index is 1.50. The number of benzene rings is 1. The fourth-order valence-corrected chi connectivity index (χ4v) is 5.26. The second-order valence-electron chi connectivity index (χ2n) is 8.57. The molecule has 0 amide bonds. The van der Waals surface area contributed by atoms with Crippen molar-refractivity contribution in [1.29, 1.82) is 0 Å². The highest BCUT2D eigenvalue weighted by Crippen LogP contribution is 2.43. The summed E-state index contributed by atoms with van der Waals surface area (Å²) in [6.07, 6.45) is 5.67. The molecule has 0 unspecified atom stereocenters. The van der Waals surface area contributed by atoms with Crippen LogP contribution in [0.15, 0.2) is 59.3 Å².